The first kappa shape index (κ1) is 17.8. The van der Waals surface area contributed by atoms with E-state index in [1.165, 1.54) is 31.2 Å². The molecule has 0 unspecified atom stereocenters. The first-order chi connectivity index (χ1) is 12.6. The summed E-state index contributed by atoms with van der Waals surface area (Å²) in [6.45, 7) is 4.22. The van der Waals surface area contributed by atoms with Crippen LogP contribution in [0.25, 0.3) is 0 Å². The van der Waals surface area contributed by atoms with Crippen molar-refractivity contribution in [1.82, 2.24) is 5.32 Å². The van der Waals surface area contributed by atoms with Gasteiger partial charge in [-0.05, 0) is 87.7 Å². The smallest absolute Gasteiger partial charge is 0.127 e. The summed E-state index contributed by atoms with van der Waals surface area (Å²) in [6, 6.07) is 6.51. The second-order valence-corrected chi connectivity index (χ2v) is 8.19. The molecule has 6 nitrogen and oxygen atoms in total. The van der Waals surface area contributed by atoms with Gasteiger partial charge in [0.1, 0.15) is 23.8 Å². The van der Waals surface area contributed by atoms with E-state index in [-0.39, 0.29) is 12.2 Å². The van der Waals surface area contributed by atoms with Crippen molar-refractivity contribution in [1.29, 1.82) is 0 Å². The second-order valence-electron chi connectivity index (χ2n) is 8.19. The van der Waals surface area contributed by atoms with Crippen molar-refractivity contribution in [3.63, 3.8) is 0 Å². The number of hydrogen-bond acceptors (Lipinski definition) is 5. The highest BCUT2D eigenvalue weighted by molar-refractivity contribution is 5.98. The van der Waals surface area contributed by atoms with Crippen molar-refractivity contribution in [2.75, 3.05) is 13.1 Å². The third kappa shape index (κ3) is 3.46. The van der Waals surface area contributed by atoms with Crippen LogP contribution in [-0.2, 0) is 11.3 Å². The van der Waals surface area contributed by atoms with Gasteiger partial charge in [0.25, 0.3) is 0 Å². The van der Waals surface area contributed by atoms with E-state index in [1.807, 2.05) is 19.1 Å². The lowest BCUT2D eigenvalue weighted by Crippen LogP contribution is -2.47. The van der Waals surface area contributed by atoms with E-state index in [4.69, 9.17) is 26.2 Å². The van der Waals surface area contributed by atoms with E-state index in [0.29, 0.717) is 17.3 Å². The molecule has 0 aromatic heterocycles. The zero-order chi connectivity index (χ0) is 18.1. The van der Waals surface area contributed by atoms with Gasteiger partial charge in [-0.15, -0.1) is 0 Å². The van der Waals surface area contributed by atoms with Gasteiger partial charge in [-0.3, -0.25) is 9.83 Å². The van der Waals surface area contributed by atoms with Gasteiger partial charge in [-0.25, -0.2) is 5.90 Å². The Morgan fingerprint density at radius 3 is 2.85 bits per heavy atom. The lowest BCUT2D eigenvalue weighted by Gasteiger charge is -2.49. The fraction of sp³-hybridized carbons (Fsp3) is 0.650. The van der Waals surface area contributed by atoms with Crippen molar-refractivity contribution in [3.05, 3.63) is 29.3 Å². The summed E-state index contributed by atoms with van der Waals surface area (Å²) in [5, 5.41) is 3.45. The molecule has 0 bridgehead atoms. The van der Waals surface area contributed by atoms with E-state index in [1.54, 1.807) is 0 Å². The van der Waals surface area contributed by atoms with Crippen LogP contribution in [0, 0.1) is 5.41 Å². The van der Waals surface area contributed by atoms with Gasteiger partial charge in [0.15, 0.2) is 0 Å². The van der Waals surface area contributed by atoms with Crippen molar-refractivity contribution < 1.29 is 9.57 Å². The van der Waals surface area contributed by atoms with Crippen molar-refractivity contribution >= 4 is 5.84 Å². The maximum Gasteiger partial charge on any atom is 0.127 e. The van der Waals surface area contributed by atoms with E-state index in [2.05, 4.69) is 11.4 Å². The molecule has 0 amide bonds. The summed E-state index contributed by atoms with van der Waals surface area (Å²) in [5.74, 6) is 6.84. The number of nitrogens with one attached hydrogen (secondary N) is 1. The van der Waals surface area contributed by atoms with Crippen LogP contribution >= 0.6 is 0 Å². The molecule has 26 heavy (non-hydrogen) atoms. The summed E-state index contributed by atoms with van der Waals surface area (Å²) in [5.41, 5.74) is 9.03. The molecule has 2 atom stereocenters. The maximum absolute atomic E-state index is 6.31. The number of ether oxygens (including phenoxy) is 1. The summed E-state index contributed by atoms with van der Waals surface area (Å²) >= 11 is 0. The molecule has 0 radical (unpaired) electrons. The normalized spacial score (nSPS) is 26.7. The van der Waals surface area contributed by atoms with Gasteiger partial charge >= 0.3 is 0 Å². The highest BCUT2D eigenvalue weighted by Gasteiger charge is 2.44. The standard InChI is InChI=1S/C20H30N4O2/c1-13(26-22)17-4-2-14-10-15(3-5-18(14)25-17)19(21)24-16-11-20(12-16)6-8-23-9-7-20/h3,5,10,13,16-17,23H,2,4,6-9,11-12,22H2,1H3,(H2,21,24)/t13-,17+/m0/s1. The Kier molecular flexibility index (Phi) is 4.90. The van der Waals surface area contributed by atoms with Gasteiger partial charge in [0, 0.05) is 5.56 Å². The molecule has 1 saturated heterocycles. The van der Waals surface area contributed by atoms with Crippen LogP contribution in [0.15, 0.2) is 23.2 Å². The van der Waals surface area contributed by atoms with Crippen molar-refractivity contribution in [2.45, 2.75) is 63.7 Å². The first-order valence-electron chi connectivity index (χ1n) is 9.78. The highest BCUT2D eigenvalue weighted by atomic mass is 16.6. The predicted molar refractivity (Wildman–Crippen MR) is 102 cm³/mol. The van der Waals surface area contributed by atoms with Crippen LogP contribution in [0.3, 0.4) is 0 Å². The van der Waals surface area contributed by atoms with Crippen LogP contribution in [0.5, 0.6) is 5.75 Å². The fourth-order valence-corrected chi connectivity index (χ4v) is 4.65. The minimum Gasteiger partial charge on any atom is -0.487 e. The minimum atomic E-state index is -0.115. The van der Waals surface area contributed by atoms with Crippen LogP contribution < -0.4 is 21.7 Å². The van der Waals surface area contributed by atoms with Crippen LogP contribution in [0.4, 0.5) is 0 Å². The van der Waals surface area contributed by atoms with E-state index < -0.39 is 0 Å². The summed E-state index contributed by atoms with van der Waals surface area (Å²) in [7, 11) is 0. The molecule has 4 rings (SSSR count). The number of benzene rings is 1. The lowest BCUT2D eigenvalue weighted by molar-refractivity contribution is -0.0238. The van der Waals surface area contributed by atoms with E-state index in [0.717, 1.165) is 37.2 Å². The van der Waals surface area contributed by atoms with Gasteiger partial charge in [-0.2, -0.15) is 0 Å². The molecule has 1 aliphatic carbocycles. The summed E-state index contributed by atoms with van der Waals surface area (Å²) < 4.78 is 6.02. The van der Waals surface area contributed by atoms with Gasteiger partial charge in [-0.1, -0.05) is 0 Å². The lowest BCUT2D eigenvalue weighted by atomic mass is 9.61. The average Bonchev–Trinajstić information content (AvgIpc) is 2.66. The predicted octanol–water partition coefficient (Wildman–Crippen LogP) is 1.90. The Hall–Kier alpha value is -1.63. The number of aliphatic imine (C=N–C) groups is 1. The van der Waals surface area contributed by atoms with Gasteiger partial charge < -0.3 is 15.8 Å². The zero-order valence-corrected chi connectivity index (χ0v) is 15.5. The maximum atomic E-state index is 6.31. The number of fused-ring (bicyclic) bond motifs is 1. The fourth-order valence-electron chi connectivity index (χ4n) is 4.65. The Bertz CT molecular complexity index is 676. The third-order valence-corrected chi connectivity index (χ3v) is 6.39. The number of rotatable bonds is 4. The van der Waals surface area contributed by atoms with Crippen LogP contribution in [-0.4, -0.2) is 37.2 Å². The summed E-state index contributed by atoms with van der Waals surface area (Å²) in [4.78, 5) is 9.71. The van der Waals surface area contributed by atoms with Crippen LogP contribution in [0.2, 0.25) is 0 Å². The molecule has 2 heterocycles. The quantitative estimate of drug-likeness (QED) is 0.434. The molecule has 1 aromatic carbocycles. The largest absolute Gasteiger partial charge is 0.487 e. The van der Waals surface area contributed by atoms with E-state index >= 15 is 0 Å². The number of amidine groups is 1. The first-order valence-corrected chi connectivity index (χ1v) is 9.78. The molecule has 2 aliphatic heterocycles. The molecule has 3 aliphatic rings. The Morgan fingerprint density at radius 1 is 1.35 bits per heavy atom. The van der Waals surface area contributed by atoms with Crippen LogP contribution in [0.1, 0.15) is 50.2 Å². The Labute approximate surface area is 155 Å². The monoisotopic (exact) mass is 358 g/mol. The number of hydrogen-bond donors (Lipinski definition) is 3. The molecular formula is C20H30N4O2. The topological polar surface area (TPSA) is 94.9 Å². The second kappa shape index (κ2) is 7.18. The zero-order valence-electron chi connectivity index (χ0n) is 15.5. The van der Waals surface area contributed by atoms with Gasteiger partial charge in [0.2, 0.25) is 0 Å². The third-order valence-electron chi connectivity index (χ3n) is 6.39. The molecular weight excluding hydrogens is 328 g/mol. The minimum absolute atomic E-state index is 0.000475. The molecule has 1 spiro atoms. The van der Waals surface area contributed by atoms with Crippen molar-refractivity contribution in [3.8, 4) is 5.75 Å². The molecule has 142 valence electrons. The molecule has 1 aromatic rings. The van der Waals surface area contributed by atoms with Gasteiger partial charge in [0.05, 0.1) is 6.04 Å². The molecule has 6 heteroatoms. The number of nitrogens with two attached hydrogens (primary N) is 2. The molecule has 2 fully saturated rings. The van der Waals surface area contributed by atoms with Crippen molar-refractivity contribution in [2.24, 2.45) is 22.0 Å². The number of aryl methyl sites for hydroxylation is 1. The average molecular weight is 358 g/mol. The highest BCUT2D eigenvalue weighted by Crippen LogP contribution is 2.49. The van der Waals surface area contributed by atoms with E-state index in [9.17, 15) is 0 Å². The number of nitrogens with zero attached hydrogens (tertiary/aromatic N) is 1. The summed E-state index contributed by atoms with van der Waals surface area (Å²) in [6.07, 6.45) is 6.64. The molecule has 1 saturated carbocycles. The number of piperidine rings is 1. The molecule has 5 N–H and O–H groups in total. The Balaban J connectivity index is 1.41. The SMILES string of the molecule is C[C@H](ON)[C@H]1CCc2cc(C(N)=NC3CC4(CCNCC4)C3)ccc2O1. The Morgan fingerprint density at radius 2 is 2.12 bits per heavy atom.